The quantitative estimate of drug-likeness (QED) is 0.663. The molecule has 66 valence electrons. The SMILES string of the molecule is CCC[C@H](C)Oc1ccccc1. The van der Waals surface area contributed by atoms with Gasteiger partial charge in [-0.1, -0.05) is 31.5 Å². The summed E-state index contributed by atoms with van der Waals surface area (Å²) in [6.07, 6.45) is 2.63. The van der Waals surface area contributed by atoms with Crippen LogP contribution in [0.2, 0.25) is 0 Å². The first-order chi connectivity index (χ1) is 5.83. The van der Waals surface area contributed by atoms with E-state index < -0.39 is 0 Å². The lowest BCUT2D eigenvalue weighted by Gasteiger charge is -2.12. The Morgan fingerprint density at radius 3 is 2.50 bits per heavy atom. The molecule has 0 amide bonds. The van der Waals surface area contributed by atoms with Crippen LogP contribution in [0, 0.1) is 0 Å². The predicted octanol–water partition coefficient (Wildman–Crippen LogP) is 3.25. The molecule has 0 aliphatic rings. The standard InChI is InChI=1S/C11H16O/c1-3-7-10(2)12-11-8-5-4-6-9-11/h4-6,8-10H,3,7H2,1-2H3/t10-/m0/s1. The molecule has 0 bridgehead atoms. The van der Waals surface area contributed by atoms with E-state index in [1.165, 1.54) is 6.42 Å². The zero-order valence-corrected chi connectivity index (χ0v) is 7.79. The third-order valence-electron chi connectivity index (χ3n) is 1.78. The minimum Gasteiger partial charge on any atom is -0.491 e. The van der Waals surface area contributed by atoms with E-state index in [0.717, 1.165) is 12.2 Å². The molecule has 1 rings (SSSR count). The predicted molar refractivity (Wildman–Crippen MR) is 51.4 cm³/mol. The number of para-hydroxylation sites is 1. The van der Waals surface area contributed by atoms with Gasteiger partial charge >= 0.3 is 0 Å². The molecule has 0 N–H and O–H groups in total. The van der Waals surface area contributed by atoms with Crippen LogP contribution >= 0.6 is 0 Å². The number of hydrogen-bond acceptors (Lipinski definition) is 1. The highest BCUT2D eigenvalue weighted by Gasteiger charge is 2.00. The van der Waals surface area contributed by atoms with Crippen LogP contribution in [0.1, 0.15) is 26.7 Å². The van der Waals surface area contributed by atoms with E-state index in [1.54, 1.807) is 0 Å². The van der Waals surface area contributed by atoms with Crippen LogP contribution in [0.25, 0.3) is 0 Å². The summed E-state index contributed by atoms with van der Waals surface area (Å²) in [7, 11) is 0. The van der Waals surface area contributed by atoms with Crippen molar-refractivity contribution in [1.29, 1.82) is 0 Å². The molecule has 0 aromatic heterocycles. The van der Waals surface area contributed by atoms with Crippen LogP contribution in [-0.2, 0) is 0 Å². The average molecular weight is 164 g/mol. The summed E-state index contributed by atoms with van der Waals surface area (Å²) >= 11 is 0. The summed E-state index contributed by atoms with van der Waals surface area (Å²) in [4.78, 5) is 0. The zero-order chi connectivity index (χ0) is 8.81. The van der Waals surface area contributed by atoms with Gasteiger partial charge in [0, 0.05) is 0 Å². The fourth-order valence-electron chi connectivity index (χ4n) is 1.20. The van der Waals surface area contributed by atoms with Crippen molar-refractivity contribution in [3.63, 3.8) is 0 Å². The van der Waals surface area contributed by atoms with E-state index in [4.69, 9.17) is 4.74 Å². The van der Waals surface area contributed by atoms with E-state index in [-0.39, 0.29) is 0 Å². The smallest absolute Gasteiger partial charge is 0.119 e. The zero-order valence-electron chi connectivity index (χ0n) is 7.79. The molecule has 0 spiro atoms. The third kappa shape index (κ3) is 2.95. The van der Waals surface area contributed by atoms with Crippen molar-refractivity contribution >= 4 is 0 Å². The molecule has 0 heterocycles. The summed E-state index contributed by atoms with van der Waals surface area (Å²) in [5.74, 6) is 0.971. The second-order valence-corrected chi connectivity index (χ2v) is 3.03. The van der Waals surface area contributed by atoms with E-state index in [2.05, 4.69) is 13.8 Å². The average Bonchev–Trinajstić information content (AvgIpc) is 2.06. The van der Waals surface area contributed by atoms with E-state index in [1.807, 2.05) is 30.3 Å². The molecule has 12 heavy (non-hydrogen) atoms. The Morgan fingerprint density at radius 2 is 1.92 bits per heavy atom. The molecule has 0 aliphatic carbocycles. The van der Waals surface area contributed by atoms with Crippen molar-refractivity contribution in [1.82, 2.24) is 0 Å². The Morgan fingerprint density at radius 1 is 1.25 bits per heavy atom. The van der Waals surface area contributed by atoms with Crippen LogP contribution in [0.5, 0.6) is 5.75 Å². The van der Waals surface area contributed by atoms with Gasteiger partial charge in [0.25, 0.3) is 0 Å². The summed E-state index contributed by atoms with van der Waals surface area (Å²) < 4.78 is 5.65. The van der Waals surface area contributed by atoms with Gasteiger partial charge in [-0.15, -0.1) is 0 Å². The minimum atomic E-state index is 0.331. The molecule has 0 aliphatic heterocycles. The summed E-state index contributed by atoms with van der Waals surface area (Å²) in [6, 6.07) is 9.97. The maximum Gasteiger partial charge on any atom is 0.119 e. The van der Waals surface area contributed by atoms with E-state index >= 15 is 0 Å². The van der Waals surface area contributed by atoms with Crippen molar-refractivity contribution in [2.45, 2.75) is 32.8 Å². The molecule has 0 unspecified atom stereocenters. The van der Waals surface area contributed by atoms with Gasteiger partial charge in [0.1, 0.15) is 5.75 Å². The van der Waals surface area contributed by atoms with Crippen LogP contribution in [0.15, 0.2) is 30.3 Å². The summed E-state index contributed by atoms with van der Waals surface area (Å²) in [6.45, 7) is 4.28. The van der Waals surface area contributed by atoms with Gasteiger partial charge in [-0.2, -0.15) is 0 Å². The lowest BCUT2D eigenvalue weighted by molar-refractivity contribution is 0.210. The Bertz CT molecular complexity index is 206. The molecule has 1 aromatic carbocycles. The van der Waals surface area contributed by atoms with Crippen molar-refractivity contribution in [2.75, 3.05) is 0 Å². The van der Waals surface area contributed by atoms with Crippen LogP contribution in [0.3, 0.4) is 0 Å². The van der Waals surface area contributed by atoms with Gasteiger partial charge in [0.15, 0.2) is 0 Å². The Labute approximate surface area is 74.4 Å². The maximum atomic E-state index is 5.65. The first-order valence-corrected chi connectivity index (χ1v) is 4.54. The van der Waals surface area contributed by atoms with Crippen molar-refractivity contribution in [3.8, 4) is 5.75 Å². The second kappa shape index (κ2) is 4.81. The molecular formula is C11H16O. The second-order valence-electron chi connectivity index (χ2n) is 3.03. The van der Waals surface area contributed by atoms with Gasteiger partial charge < -0.3 is 4.74 Å². The maximum absolute atomic E-state index is 5.65. The Balaban J connectivity index is 2.41. The highest BCUT2D eigenvalue weighted by Crippen LogP contribution is 2.12. The van der Waals surface area contributed by atoms with E-state index in [0.29, 0.717) is 6.10 Å². The summed E-state index contributed by atoms with van der Waals surface area (Å²) in [5, 5.41) is 0. The fourth-order valence-corrected chi connectivity index (χ4v) is 1.20. The molecule has 0 fully saturated rings. The molecule has 1 nitrogen and oxygen atoms in total. The first-order valence-electron chi connectivity index (χ1n) is 4.54. The summed E-state index contributed by atoms with van der Waals surface area (Å²) in [5.41, 5.74) is 0. The van der Waals surface area contributed by atoms with Crippen LogP contribution < -0.4 is 4.74 Å². The van der Waals surface area contributed by atoms with Gasteiger partial charge in [-0.05, 0) is 25.5 Å². The molecule has 0 radical (unpaired) electrons. The van der Waals surface area contributed by atoms with Crippen molar-refractivity contribution in [3.05, 3.63) is 30.3 Å². The van der Waals surface area contributed by atoms with Gasteiger partial charge in [0.05, 0.1) is 6.10 Å². The van der Waals surface area contributed by atoms with E-state index in [9.17, 15) is 0 Å². The van der Waals surface area contributed by atoms with Gasteiger partial charge in [-0.3, -0.25) is 0 Å². The number of ether oxygens (including phenoxy) is 1. The molecular weight excluding hydrogens is 148 g/mol. The topological polar surface area (TPSA) is 9.23 Å². The lowest BCUT2D eigenvalue weighted by Crippen LogP contribution is -2.10. The fraction of sp³-hybridized carbons (Fsp3) is 0.455. The van der Waals surface area contributed by atoms with Crippen molar-refractivity contribution in [2.24, 2.45) is 0 Å². The number of hydrogen-bond donors (Lipinski definition) is 0. The minimum absolute atomic E-state index is 0.331. The molecule has 1 atom stereocenters. The molecule has 0 saturated carbocycles. The van der Waals surface area contributed by atoms with Gasteiger partial charge in [-0.25, -0.2) is 0 Å². The van der Waals surface area contributed by atoms with Crippen LogP contribution in [-0.4, -0.2) is 6.10 Å². The van der Waals surface area contributed by atoms with Gasteiger partial charge in [0.2, 0.25) is 0 Å². The highest BCUT2D eigenvalue weighted by molar-refractivity contribution is 5.21. The molecule has 1 heteroatoms. The highest BCUT2D eigenvalue weighted by atomic mass is 16.5. The molecule has 0 saturated heterocycles. The molecule has 1 aromatic rings. The number of benzene rings is 1. The third-order valence-corrected chi connectivity index (χ3v) is 1.78. The number of rotatable bonds is 4. The Kier molecular flexibility index (Phi) is 3.65. The first kappa shape index (κ1) is 9.11. The van der Waals surface area contributed by atoms with Crippen LogP contribution in [0.4, 0.5) is 0 Å². The largest absolute Gasteiger partial charge is 0.491 e. The normalized spacial score (nSPS) is 12.5. The van der Waals surface area contributed by atoms with Crippen molar-refractivity contribution < 1.29 is 4.74 Å². The monoisotopic (exact) mass is 164 g/mol. The lowest BCUT2D eigenvalue weighted by atomic mass is 10.2. The Hall–Kier alpha value is -0.980.